The number of nitrogens with one attached hydrogen (secondary N) is 1. The quantitative estimate of drug-likeness (QED) is 0.357. The molecule has 0 unspecified atom stereocenters. The van der Waals surface area contributed by atoms with Gasteiger partial charge in [0, 0.05) is 17.0 Å². The molecule has 6 nitrogen and oxygen atoms in total. The van der Waals surface area contributed by atoms with E-state index in [0.29, 0.717) is 40.2 Å². The third-order valence-corrected chi connectivity index (χ3v) is 5.71. The molecule has 0 bridgehead atoms. The van der Waals surface area contributed by atoms with Crippen molar-refractivity contribution in [3.05, 3.63) is 89.2 Å². The molecule has 0 saturated heterocycles. The maximum Gasteiger partial charge on any atom is 0.275 e. The minimum absolute atomic E-state index is 0.275. The van der Waals surface area contributed by atoms with E-state index in [1.807, 2.05) is 24.3 Å². The van der Waals surface area contributed by atoms with Crippen molar-refractivity contribution in [2.75, 3.05) is 19.5 Å². The number of amides is 1. The molecule has 0 aliphatic carbocycles. The van der Waals surface area contributed by atoms with Crippen LogP contribution in [0.3, 0.4) is 0 Å². The number of methoxy groups -OCH3 is 2. The van der Waals surface area contributed by atoms with Gasteiger partial charge in [-0.15, -0.1) is 11.3 Å². The topological polar surface area (TPSA) is 69.7 Å². The van der Waals surface area contributed by atoms with E-state index in [-0.39, 0.29) is 11.7 Å². The van der Waals surface area contributed by atoms with Crippen LogP contribution in [0.2, 0.25) is 0 Å². The Morgan fingerprint density at radius 3 is 2.39 bits per heavy atom. The number of thiazole rings is 1. The van der Waals surface area contributed by atoms with Crippen molar-refractivity contribution in [1.29, 1.82) is 0 Å². The van der Waals surface area contributed by atoms with Crippen molar-refractivity contribution < 1.29 is 23.4 Å². The van der Waals surface area contributed by atoms with Crippen molar-refractivity contribution >= 4 is 22.9 Å². The monoisotopic (exact) mass is 464 g/mol. The Hall–Kier alpha value is -3.91. The molecule has 1 amide bonds. The van der Waals surface area contributed by atoms with E-state index in [1.54, 1.807) is 42.8 Å². The number of halogens is 1. The maximum absolute atomic E-state index is 13.0. The van der Waals surface area contributed by atoms with Crippen LogP contribution in [0.5, 0.6) is 17.2 Å². The summed E-state index contributed by atoms with van der Waals surface area (Å²) in [6.07, 6.45) is 0. The molecule has 0 radical (unpaired) electrons. The van der Waals surface area contributed by atoms with Crippen molar-refractivity contribution in [3.8, 4) is 27.8 Å². The lowest BCUT2D eigenvalue weighted by Crippen LogP contribution is -2.13. The molecule has 3 aromatic carbocycles. The van der Waals surface area contributed by atoms with Crippen LogP contribution in [0, 0.1) is 5.82 Å². The molecule has 0 spiro atoms. The summed E-state index contributed by atoms with van der Waals surface area (Å²) in [5.41, 5.74) is 2.59. The van der Waals surface area contributed by atoms with Crippen LogP contribution in [-0.4, -0.2) is 25.1 Å². The third-order valence-electron chi connectivity index (χ3n) is 4.81. The molecule has 0 atom stereocenters. The number of rotatable bonds is 8. The highest BCUT2D eigenvalue weighted by Gasteiger charge is 2.15. The molecule has 168 valence electrons. The molecule has 1 aromatic heterocycles. The van der Waals surface area contributed by atoms with Gasteiger partial charge in [-0.2, -0.15) is 0 Å². The number of nitrogens with zero attached hydrogens (tertiary/aromatic N) is 1. The first-order valence-electron chi connectivity index (χ1n) is 10.0. The Kier molecular flexibility index (Phi) is 6.85. The predicted molar refractivity (Wildman–Crippen MR) is 126 cm³/mol. The second-order valence-corrected chi connectivity index (χ2v) is 7.86. The molecule has 0 fully saturated rings. The van der Waals surface area contributed by atoms with E-state index in [4.69, 9.17) is 14.2 Å². The maximum atomic E-state index is 13.0. The van der Waals surface area contributed by atoms with E-state index in [1.165, 1.54) is 30.6 Å². The highest BCUT2D eigenvalue weighted by atomic mass is 32.1. The fraction of sp³-hybridized carbons (Fsp3) is 0.120. The molecule has 0 aliphatic heterocycles. The molecular formula is C25H21FN2O4S. The van der Waals surface area contributed by atoms with Crippen LogP contribution in [0.4, 0.5) is 10.1 Å². The minimum atomic E-state index is -0.333. The van der Waals surface area contributed by atoms with E-state index >= 15 is 0 Å². The molecule has 33 heavy (non-hydrogen) atoms. The summed E-state index contributed by atoms with van der Waals surface area (Å²) in [5.74, 6) is 1.20. The van der Waals surface area contributed by atoms with Gasteiger partial charge in [0.25, 0.3) is 5.91 Å². The van der Waals surface area contributed by atoms with Gasteiger partial charge in [-0.25, -0.2) is 9.37 Å². The van der Waals surface area contributed by atoms with Crippen LogP contribution in [0.1, 0.15) is 16.1 Å². The number of hydrogen-bond acceptors (Lipinski definition) is 6. The van der Waals surface area contributed by atoms with Crippen LogP contribution in [0.25, 0.3) is 10.6 Å². The van der Waals surface area contributed by atoms with Crippen LogP contribution in [0.15, 0.2) is 72.1 Å². The largest absolute Gasteiger partial charge is 0.497 e. The van der Waals surface area contributed by atoms with E-state index in [9.17, 15) is 9.18 Å². The number of benzene rings is 3. The fourth-order valence-electron chi connectivity index (χ4n) is 3.04. The van der Waals surface area contributed by atoms with Gasteiger partial charge in [-0.05, 0) is 54.1 Å². The van der Waals surface area contributed by atoms with Gasteiger partial charge in [0.05, 0.1) is 19.9 Å². The summed E-state index contributed by atoms with van der Waals surface area (Å²) >= 11 is 1.38. The molecular weight excluding hydrogens is 443 g/mol. The molecule has 0 saturated carbocycles. The Bertz CT molecular complexity index is 1240. The number of hydrogen-bond donors (Lipinski definition) is 1. The van der Waals surface area contributed by atoms with Gasteiger partial charge in [0.2, 0.25) is 0 Å². The van der Waals surface area contributed by atoms with Crippen LogP contribution < -0.4 is 19.5 Å². The number of aromatic nitrogens is 1. The summed E-state index contributed by atoms with van der Waals surface area (Å²) in [7, 11) is 3.09. The lowest BCUT2D eigenvalue weighted by atomic mass is 10.2. The van der Waals surface area contributed by atoms with Gasteiger partial charge in [0.1, 0.15) is 40.4 Å². The molecule has 4 rings (SSSR count). The zero-order chi connectivity index (χ0) is 23.2. The summed E-state index contributed by atoms with van der Waals surface area (Å²) in [5, 5.41) is 5.24. The molecule has 1 heterocycles. The van der Waals surface area contributed by atoms with E-state index in [2.05, 4.69) is 10.3 Å². The number of ether oxygens (including phenoxy) is 3. The van der Waals surface area contributed by atoms with Crippen molar-refractivity contribution in [1.82, 2.24) is 4.98 Å². The average Bonchev–Trinajstić information content (AvgIpc) is 3.35. The SMILES string of the molecule is COc1ccc(NC(=O)c2csc(-c3ccc(OCc4ccc(F)cc4)cc3)n2)c(OC)c1. The van der Waals surface area contributed by atoms with Gasteiger partial charge >= 0.3 is 0 Å². The zero-order valence-corrected chi connectivity index (χ0v) is 18.8. The van der Waals surface area contributed by atoms with Gasteiger partial charge in [-0.3, -0.25) is 4.79 Å². The van der Waals surface area contributed by atoms with Crippen molar-refractivity contribution in [2.45, 2.75) is 6.61 Å². The number of carbonyl (C=O) groups excluding carboxylic acids is 1. The second-order valence-electron chi connectivity index (χ2n) is 7.00. The first-order chi connectivity index (χ1) is 16.1. The van der Waals surface area contributed by atoms with Gasteiger partial charge < -0.3 is 19.5 Å². The summed E-state index contributed by atoms with van der Waals surface area (Å²) < 4.78 is 29.2. The second kappa shape index (κ2) is 10.1. The Morgan fingerprint density at radius 1 is 0.970 bits per heavy atom. The number of anilines is 1. The highest BCUT2D eigenvalue weighted by molar-refractivity contribution is 7.13. The van der Waals surface area contributed by atoms with E-state index in [0.717, 1.165) is 11.1 Å². The molecule has 0 aliphatic rings. The standard InChI is InChI=1S/C25H21FN2O4S/c1-30-20-11-12-21(23(13-20)31-2)27-24(29)22-15-33-25(28-22)17-5-9-19(10-6-17)32-14-16-3-7-18(26)8-4-16/h3-13,15H,14H2,1-2H3,(H,27,29). The Labute approximate surface area is 194 Å². The van der Waals surface area contributed by atoms with E-state index < -0.39 is 0 Å². The molecule has 8 heteroatoms. The summed E-state index contributed by atoms with van der Waals surface area (Å²) in [4.78, 5) is 17.1. The minimum Gasteiger partial charge on any atom is -0.497 e. The smallest absolute Gasteiger partial charge is 0.275 e. The van der Waals surface area contributed by atoms with Crippen LogP contribution in [-0.2, 0) is 6.61 Å². The van der Waals surface area contributed by atoms with Crippen molar-refractivity contribution in [2.24, 2.45) is 0 Å². The summed E-state index contributed by atoms with van der Waals surface area (Å²) in [6.45, 7) is 0.343. The van der Waals surface area contributed by atoms with Gasteiger partial charge in [-0.1, -0.05) is 12.1 Å². The predicted octanol–water partition coefficient (Wildman–Crippen LogP) is 5.80. The summed E-state index contributed by atoms with van der Waals surface area (Å²) in [6, 6.07) is 18.8. The van der Waals surface area contributed by atoms with Gasteiger partial charge in [0.15, 0.2) is 0 Å². The normalized spacial score (nSPS) is 10.5. The molecule has 4 aromatic rings. The lowest BCUT2D eigenvalue weighted by molar-refractivity contribution is 0.102. The first kappa shape index (κ1) is 22.3. The number of carbonyl (C=O) groups is 1. The lowest BCUT2D eigenvalue weighted by Gasteiger charge is -2.10. The third kappa shape index (κ3) is 5.48. The van der Waals surface area contributed by atoms with Crippen molar-refractivity contribution in [3.63, 3.8) is 0 Å². The highest BCUT2D eigenvalue weighted by Crippen LogP contribution is 2.30. The zero-order valence-electron chi connectivity index (χ0n) is 18.0. The Balaban J connectivity index is 1.40. The average molecular weight is 465 g/mol. The fourth-order valence-corrected chi connectivity index (χ4v) is 3.85. The Morgan fingerprint density at radius 2 is 1.70 bits per heavy atom. The van der Waals surface area contributed by atoms with Crippen LogP contribution >= 0.6 is 11.3 Å². The molecule has 1 N–H and O–H groups in total. The first-order valence-corrected chi connectivity index (χ1v) is 10.9.